The number of benzene rings is 4. The third-order valence-corrected chi connectivity index (χ3v) is 5.51. The number of amides is 1. The van der Waals surface area contributed by atoms with E-state index in [0.717, 1.165) is 22.3 Å². The first-order chi connectivity index (χ1) is 15.6. The minimum absolute atomic E-state index is 0.137. The molecule has 5 rings (SSSR count). The Balaban J connectivity index is 1.39. The molecule has 0 saturated carbocycles. The number of hydrogen-bond donors (Lipinski definition) is 1. The molecule has 1 heterocycles. The van der Waals surface area contributed by atoms with Crippen LogP contribution in [-0.4, -0.2) is 10.9 Å². The van der Waals surface area contributed by atoms with Crippen LogP contribution in [0.4, 0.5) is 5.69 Å². The molecule has 1 N–H and O–H groups in total. The van der Waals surface area contributed by atoms with Gasteiger partial charge in [-0.25, -0.2) is 4.98 Å². The van der Waals surface area contributed by atoms with E-state index < -0.39 is 0 Å². The van der Waals surface area contributed by atoms with Gasteiger partial charge in [-0.1, -0.05) is 60.2 Å². The molecule has 5 aromatic rings. The van der Waals surface area contributed by atoms with Crippen LogP contribution in [0.3, 0.4) is 0 Å². The van der Waals surface area contributed by atoms with Crippen molar-refractivity contribution in [2.45, 2.75) is 13.8 Å². The molecule has 156 valence electrons. The van der Waals surface area contributed by atoms with Crippen molar-refractivity contribution in [3.05, 3.63) is 108 Å². The predicted octanol–water partition coefficient (Wildman–Crippen LogP) is 7.03. The van der Waals surface area contributed by atoms with Crippen molar-refractivity contribution in [3.8, 4) is 22.6 Å². The predicted molar refractivity (Wildman–Crippen MR) is 129 cm³/mol. The normalized spacial score (nSPS) is 10.9. The molecule has 0 spiro atoms. The third kappa shape index (κ3) is 3.91. The highest BCUT2D eigenvalue weighted by Crippen LogP contribution is 2.28. The van der Waals surface area contributed by atoms with Gasteiger partial charge in [0, 0.05) is 16.8 Å². The summed E-state index contributed by atoms with van der Waals surface area (Å²) < 4.78 is 5.95. The van der Waals surface area contributed by atoms with Gasteiger partial charge in [-0.15, -0.1) is 0 Å². The van der Waals surface area contributed by atoms with E-state index in [1.807, 2.05) is 80.6 Å². The molecule has 1 aromatic heterocycles. The average molecular weight is 418 g/mol. The zero-order chi connectivity index (χ0) is 22.1. The van der Waals surface area contributed by atoms with Crippen LogP contribution in [0.5, 0.6) is 0 Å². The zero-order valence-electron chi connectivity index (χ0n) is 17.9. The summed E-state index contributed by atoms with van der Waals surface area (Å²) >= 11 is 0. The largest absolute Gasteiger partial charge is 0.436 e. The summed E-state index contributed by atoms with van der Waals surface area (Å²) in [5.41, 5.74) is 8.02. The SMILES string of the molecule is Cc1ccc(C(=O)Nc2ccc3oc(-c4ccc(-c5ccccc5)cc4)nc3c2)c(C)c1. The molecular weight excluding hydrogens is 396 g/mol. The first-order valence-electron chi connectivity index (χ1n) is 10.5. The van der Waals surface area contributed by atoms with Gasteiger partial charge in [-0.2, -0.15) is 0 Å². The van der Waals surface area contributed by atoms with Gasteiger partial charge in [0.15, 0.2) is 5.58 Å². The van der Waals surface area contributed by atoms with Gasteiger partial charge in [-0.05, 0) is 66.9 Å². The van der Waals surface area contributed by atoms with Crippen LogP contribution in [-0.2, 0) is 0 Å². The highest BCUT2D eigenvalue weighted by Gasteiger charge is 2.12. The maximum absolute atomic E-state index is 12.7. The maximum atomic E-state index is 12.7. The summed E-state index contributed by atoms with van der Waals surface area (Å²) in [5, 5.41) is 2.96. The summed E-state index contributed by atoms with van der Waals surface area (Å²) in [6, 6.07) is 29.7. The number of anilines is 1. The number of rotatable bonds is 4. The molecule has 4 heteroatoms. The van der Waals surface area contributed by atoms with Crippen LogP contribution < -0.4 is 5.32 Å². The van der Waals surface area contributed by atoms with E-state index in [2.05, 4.69) is 34.6 Å². The lowest BCUT2D eigenvalue weighted by atomic mass is 10.0. The van der Waals surface area contributed by atoms with Gasteiger partial charge in [0.2, 0.25) is 5.89 Å². The van der Waals surface area contributed by atoms with Crippen molar-refractivity contribution in [2.75, 3.05) is 5.32 Å². The molecular formula is C28H22N2O2. The van der Waals surface area contributed by atoms with Gasteiger partial charge in [0.1, 0.15) is 5.52 Å². The Hall–Kier alpha value is -4.18. The standard InChI is InChI=1S/C28H22N2O2/c1-18-8-14-24(19(2)16-18)27(31)29-23-13-15-26-25(17-23)30-28(32-26)22-11-9-21(10-12-22)20-6-4-3-5-7-20/h3-17H,1-2H3,(H,29,31). The van der Waals surface area contributed by atoms with E-state index in [4.69, 9.17) is 4.42 Å². The van der Waals surface area contributed by atoms with Gasteiger partial charge in [-0.3, -0.25) is 4.79 Å². The molecule has 0 saturated heterocycles. The van der Waals surface area contributed by atoms with E-state index in [1.54, 1.807) is 0 Å². The van der Waals surface area contributed by atoms with Crippen molar-refractivity contribution >= 4 is 22.7 Å². The molecule has 0 bridgehead atoms. The number of oxazole rings is 1. The molecule has 1 amide bonds. The van der Waals surface area contributed by atoms with E-state index in [0.29, 0.717) is 28.2 Å². The van der Waals surface area contributed by atoms with Crippen molar-refractivity contribution in [2.24, 2.45) is 0 Å². The summed E-state index contributed by atoms with van der Waals surface area (Å²) in [7, 11) is 0. The fraction of sp³-hybridized carbons (Fsp3) is 0.0714. The van der Waals surface area contributed by atoms with Crippen LogP contribution in [0.15, 0.2) is 95.4 Å². The maximum Gasteiger partial charge on any atom is 0.255 e. The number of aryl methyl sites for hydroxylation is 2. The summed E-state index contributed by atoms with van der Waals surface area (Å²) in [5.74, 6) is 0.416. The fourth-order valence-electron chi connectivity index (χ4n) is 3.83. The van der Waals surface area contributed by atoms with Crippen molar-refractivity contribution in [1.29, 1.82) is 0 Å². The highest BCUT2D eigenvalue weighted by molar-refractivity contribution is 6.06. The number of carbonyl (C=O) groups is 1. The van der Waals surface area contributed by atoms with E-state index >= 15 is 0 Å². The van der Waals surface area contributed by atoms with Gasteiger partial charge < -0.3 is 9.73 Å². The summed E-state index contributed by atoms with van der Waals surface area (Å²) in [6.45, 7) is 3.96. The first kappa shape index (κ1) is 19.8. The Labute approximate surface area is 186 Å². The Morgan fingerprint density at radius 1 is 0.781 bits per heavy atom. The lowest BCUT2D eigenvalue weighted by molar-refractivity contribution is 0.102. The number of aromatic nitrogens is 1. The van der Waals surface area contributed by atoms with E-state index in [-0.39, 0.29) is 5.91 Å². The minimum Gasteiger partial charge on any atom is -0.436 e. The minimum atomic E-state index is -0.137. The van der Waals surface area contributed by atoms with Gasteiger partial charge >= 0.3 is 0 Å². The van der Waals surface area contributed by atoms with Crippen LogP contribution >= 0.6 is 0 Å². The van der Waals surface area contributed by atoms with Gasteiger partial charge in [0.25, 0.3) is 5.91 Å². The van der Waals surface area contributed by atoms with Crippen LogP contribution in [0.2, 0.25) is 0 Å². The topological polar surface area (TPSA) is 55.1 Å². The first-order valence-corrected chi connectivity index (χ1v) is 10.5. The second-order valence-electron chi connectivity index (χ2n) is 7.92. The van der Waals surface area contributed by atoms with Crippen molar-refractivity contribution < 1.29 is 9.21 Å². The average Bonchev–Trinajstić information content (AvgIpc) is 3.23. The second kappa shape index (κ2) is 8.16. The molecule has 0 fully saturated rings. The second-order valence-corrected chi connectivity index (χ2v) is 7.92. The molecule has 32 heavy (non-hydrogen) atoms. The van der Waals surface area contributed by atoms with Crippen molar-refractivity contribution in [1.82, 2.24) is 4.98 Å². The Morgan fingerprint density at radius 3 is 2.25 bits per heavy atom. The Morgan fingerprint density at radius 2 is 1.50 bits per heavy atom. The summed E-state index contributed by atoms with van der Waals surface area (Å²) in [6.07, 6.45) is 0. The lowest BCUT2D eigenvalue weighted by Gasteiger charge is -2.08. The molecule has 4 aromatic carbocycles. The quantitative estimate of drug-likeness (QED) is 0.341. The molecule has 0 aliphatic carbocycles. The molecule has 0 atom stereocenters. The number of nitrogens with one attached hydrogen (secondary N) is 1. The van der Waals surface area contributed by atoms with Crippen LogP contribution in [0, 0.1) is 13.8 Å². The fourth-order valence-corrected chi connectivity index (χ4v) is 3.83. The van der Waals surface area contributed by atoms with Crippen LogP contribution in [0.25, 0.3) is 33.7 Å². The monoisotopic (exact) mass is 418 g/mol. The Bertz CT molecular complexity index is 1420. The third-order valence-electron chi connectivity index (χ3n) is 5.51. The molecule has 0 unspecified atom stereocenters. The molecule has 0 aliphatic heterocycles. The lowest BCUT2D eigenvalue weighted by Crippen LogP contribution is -2.13. The van der Waals surface area contributed by atoms with Gasteiger partial charge in [0.05, 0.1) is 0 Å². The van der Waals surface area contributed by atoms with E-state index in [1.165, 1.54) is 5.56 Å². The molecule has 4 nitrogen and oxygen atoms in total. The smallest absolute Gasteiger partial charge is 0.255 e. The number of hydrogen-bond acceptors (Lipinski definition) is 3. The molecule has 0 aliphatic rings. The summed E-state index contributed by atoms with van der Waals surface area (Å²) in [4.78, 5) is 17.3. The van der Waals surface area contributed by atoms with E-state index in [9.17, 15) is 4.79 Å². The van der Waals surface area contributed by atoms with Crippen LogP contribution in [0.1, 0.15) is 21.5 Å². The number of fused-ring (bicyclic) bond motifs is 1. The number of nitrogens with zero attached hydrogens (tertiary/aromatic N) is 1. The molecule has 0 radical (unpaired) electrons. The Kier molecular flexibility index (Phi) is 5.04. The highest BCUT2D eigenvalue weighted by atomic mass is 16.3. The zero-order valence-corrected chi connectivity index (χ0v) is 17.9. The van der Waals surface area contributed by atoms with Crippen molar-refractivity contribution in [3.63, 3.8) is 0 Å². The number of carbonyl (C=O) groups excluding carboxylic acids is 1.